The van der Waals surface area contributed by atoms with Crippen LogP contribution in [0.3, 0.4) is 0 Å². The minimum absolute atomic E-state index is 0.0742. The fourth-order valence-electron chi connectivity index (χ4n) is 4.63. The van der Waals surface area contributed by atoms with Crippen LogP contribution in [-0.2, 0) is 14.3 Å². The molecule has 1 rings (SSSR count). The second-order valence-corrected chi connectivity index (χ2v) is 10.00. The highest BCUT2D eigenvalue weighted by Gasteiger charge is 2.38. The first-order valence-corrected chi connectivity index (χ1v) is 12.8. The Morgan fingerprint density at radius 1 is 0.833 bits per heavy atom. The minimum Gasteiger partial charge on any atom is -0.481 e. The van der Waals surface area contributed by atoms with Gasteiger partial charge < -0.3 is 9.84 Å². The number of esters is 1. The smallest absolute Gasteiger partial charge is 0.310 e. The van der Waals surface area contributed by atoms with E-state index >= 15 is 0 Å². The lowest BCUT2D eigenvalue weighted by Gasteiger charge is -2.30. The molecule has 4 atom stereocenters. The highest BCUT2D eigenvalue weighted by atomic mass is 16.5. The van der Waals surface area contributed by atoms with Crippen molar-refractivity contribution in [1.82, 2.24) is 0 Å². The Balaban J connectivity index is 2.30. The zero-order valence-corrected chi connectivity index (χ0v) is 20.2. The zero-order valence-electron chi connectivity index (χ0n) is 20.2. The molecular weight excluding hydrogens is 376 g/mol. The first-order valence-electron chi connectivity index (χ1n) is 12.8. The quantitative estimate of drug-likeness (QED) is 0.207. The highest BCUT2D eigenvalue weighted by Crippen LogP contribution is 2.32. The summed E-state index contributed by atoms with van der Waals surface area (Å²) in [5.41, 5.74) is 0. The van der Waals surface area contributed by atoms with Gasteiger partial charge in [0.2, 0.25) is 0 Å². The van der Waals surface area contributed by atoms with Crippen LogP contribution in [0.25, 0.3) is 0 Å². The lowest BCUT2D eigenvalue weighted by Crippen LogP contribution is -2.37. The van der Waals surface area contributed by atoms with Crippen molar-refractivity contribution in [3.63, 3.8) is 0 Å². The van der Waals surface area contributed by atoms with Crippen LogP contribution in [0.5, 0.6) is 0 Å². The Morgan fingerprint density at radius 3 is 1.83 bits per heavy atom. The number of carbonyl (C=O) groups is 2. The van der Waals surface area contributed by atoms with E-state index in [1.54, 1.807) is 0 Å². The average molecular weight is 425 g/mol. The number of ether oxygens (including phenoxy) is 1. The molecule has 4 heteroatoms. The van der Waals surface area contributed by atoms with Crippen LogP contribution in [0.2, 0.25) is 0 Å². The Morgan fingerprint density at radius 2 is 1.33 bits per heavy atom. The molecule has 176 valence electrons. The van der Waals surface area contributed by atoms with E-state index in [2.05, 4.69) is 27.7 Å². The van der Waals surface area contributed by atoms with Gasteiger partial charge in [-0.05, 0) is 37.5 Å². The summed E-state index contributed by atoms with van der Waals surface area (Å²) >= 11 is 0. The number of carboxylic acids is 1. The first kappa shape index (κ1) is 27.0. The number of carbonyl (C=O) groups excluding carboxylic acids is 1. The van der Waals surface area contributed by atoms with Gasteiger partial charge in [0.05, 0.1) is 11.8 Å². The van der Waals surface area contributed by atoms with E-state index in [1.165, 1.54) is 51.4 Å². The minimum atomic E-state index is -0.846. The normalized spacial score (nSPS) is 21.4. The van der Waals surface area contributed by atoms with Gasteiger partial charge in [-0.15, -0.1) is 0 Å². The van der Waals surface area contributed by atoms with E-state index in [-0.39, 0.29) is 12.1 Å². The van der Waals surface area contributed by atoms with Gasteiger partial charge in [0.15, 0.2) is 0 Å². The Kier molecular flexibility index (Phi) is 14.1. The molecule has 0 aromatic carbocycles. The molecule has 0 saturated heterocycles. The topological polar surface area (TPSA) is 63.6 Å². The van der Waals surface area contributed by atoms with Gasteiger partial charge >= 0.3 is 11.9 Å². The van der Waals surface area contributed by atoms with Crippen molar-refractivity contribution in [3.05, 3.63) is 0 Å². The van der Waals surface area contributed by atoms with Gasteiger partial charge in [0.25, 0.3) is 0 Å². The second-order valence-electron chi connectivity index (χ2n) is 10.00. The molecule has 0 aliphatic heterocycles. The first-order chi connectivity index (χ1) is 14.4. The van der Waals surface area contributed by atoms with Crippen LogP contribution >= 0.6 is 0 Å². The lowest BCUT2D eigenvalue weighted by atomic mass is 9.79. The Hall–Kier alpha value is -1.06. The van der Waals surface area contributed by atoms with Crippen LogP contribution in [0, 0.1) is 23.7 Å². The van der Waals surface area contributed by atoms with E-state index in [9.17, 15) is 14.7 Å². The summed E-state index contributed by atoms with van der Waals surface area (Å²) in [7, 11) is 0. The number of unbranched alkanes of at least 4 members (excludes halogenated alkanes) is 7. The van der Waals surface area contributed by atoms with Crippen LogP contribution < -0.4 is 0 Å². The summed E-state index contributed by atoms with van der Waals surface area (Å²) in [6.07, 6.45) is 16.5. The third kappa shape index (κ3) is 10.8. The van der Waals surface area contributed by atoms with Crippen molar-refractivity contribution in [2.24, 2.45) is 23.7 Å². The number of rotatable bonds is 16. The fraction of sp³-hybridized carbons (Fsp3) is 0.923. The van der Waals surface area contributed by atoms with Gasteiger partial charge in [0.1, 0.15) is 6.10 Å². The zero-order chi connectivity index (χ0) is 22.4. The summed E-state index contributed by atoms with van der Waals surface area (Å²) in [6.45, 7) is 8.86. The van der Waals surface area contributed by atoms with E-state index in [0.29, 0.717) is 18.8 Å². The highest BCUT2D eigenvalue weighted by molar-refractivity contribution is 5.81. The van der Waals surface area contributed by atoms with E-state index in [1.807, 2.05) is 0 Å². The van der Waals surface area contributed by atoms with Gasteiger partial charge in [-0.2, -0.15) is 0 Å². The van der Waals surface area contributed by atoms with Crippen LogP contribution in [0.4, 0.5) is 0 Å². The second kappa shape index (κ2) is 15.7. The van der Waals surface area contributed by atoms with Crippen molar-refractivity contribution in [3.8, 4) is 0 Å². The van der Waals surface area contributed by atoms with Crippen molar-refractivity contribution >= 4 is 11.9 Å². The van der Waals surface area contributed by atoms with E-state index in [0.717, 1.165) is 38.0 Å². The summed E-state index contributed by atoms with van der Waals surface area (Å²) in [4.78, 5) is 24.3. The molecular formula is C26H48O4. The van der Waals surface area contributed by atoms with E-state index in [4.69, 9.17) is 4.74 Å². The Bertz CT molecular complexity index is 474. The summed E-state index contributed by atoms with van der Waals surface area (Å²) in [5, 5.41) is 9.46. The maximum absolute atomic E-state index is 12.8. The predicted molar refractivity (Wildman–Crippen MR) is 123 cm³/mol. The van der Waals surface area contributed by atoms with Crippen molar-refractivity contribution in [1.29, 1.82) is 0 Å². The molecule has 1 fully saturated rings. The molecule has 0 heterocycles. The number of hydrogen-bond acceptors (Lipinski definition) is 3. The average Bonchev–Trinajstić information content (AvgIpc) is 2.73. The summed E-state index contributed by atoms with van der Waals surface area (Å²) in [5.74, 6) is -0.995. The molecule has 1 aliphatic rings. The van der Waals surface area contributed by atoms with Crippen LogP contribution in [0.1, 0.15) is 124 Å². The van der Waals surface area contributed by atoms with Gasteiger partial charge in [-0.1, -0.05) is 98.3 Å². The molecule has 30 heavy (non-hydrogen) atoms. The molecule has 0 aromatic heterocycles. The van der Waals surface area contributed by atoms with Gasteiger partial charge in [0, 0.05) is 0 Å². The third-order valence-electron chi connectivity index (χ3n) is 6.95. The Labute approximate surface area is 185 Å². The molecule has 0 bridgehead atoms. The molecule has 0 spiro atoms. The molecule has 4 nitrogen and oxygen atoms in total. The molecule has 1 saturated carbocycles. The fourth-order valence-corrected chi connectivity index (χ4v) is 4.63. The predicted octanol–water partition coefficient (Wildman–Crippen LogP) is 7.39. The van der Waals surface area contributed by atoms with Crippen LogP contribution in [0.15, 0.2) is 0 Å². The largest absolute Gasteiger partial charge is 0.481 e. The number of hydrogen-bond donors (Lipinski definition) is 1. The maximum atomic E-state index is 12.8. The van der Waals surface area contributed by atoms with Crippen LogP contribution in [-0.4, -0.2) is 23.1 Å². The standard InChI is InChI=1S/C26H48O4/c1-5-21(4)24(19-13-11-9-7-6-8-10-12-16-20(2)3)30-26(29)23-18-15-14-17-22(23)25(27)28/h20-24H,5-19H2,1-4H3,(H,27,28). The SMILES string of the molecule is CCC(C)C(CCCCCCCCCCC(C)C)OC(=O)C1CCCCC1C(=O)O. The van der Waals surface area contributed by atoms with E-state index < -0.39 is 17.8 Å². The molecule has 1 N–H and O–H groups in total. The molecule has 4 unspecified atom stereocenters. The summed E-state index contributed by atoms with van der Waals surface area (Å²) in [6, 6.07) is 0. The number of aliphatic carboxylic acids is 1. The number of carboxylic acid groups (broad SMARTS) is 1. The van der Waals surface area contributed by atoms with Gasteiger partial charge in [-0.3, -0.25) is 9.59 Å². The summed E-state index contributed by atoms with van der Waals surface area (Å²) < 4.78 is 5.91. The monoisotopic (exact) mass is 424 g/mol. The molecule has 0 amide bonds. The lowest BCUT2D eigenvalue weighted by molar-refractivity contribution is -0.166. The van der Waals surface area contributed by atoms with Crippen molar-refractivity contribution in [2.45, 2.75) is 130 Å². The maximum Gasteiger partial charge on any atom is 0.310 e. The molecule has 1 aliphatic carbocycles. The van der Waals surface area contributed by atoms with Crippen molar-refractivity contribution < 1.29 is 19.4 Å². The third-order valence-corrected chi connectivity index (χ3v) is 6.95. The van der Waals surface area contributed by atoms with Gasteiger partial charge in [-0.25, -0.2) is 0 Å². The molecule has 0 aromatic rings. The van der Waals surface area contributed by atoms with Crippen molar-refractivity contribution in [2.75, 3.05) is 0 Å². The molecule has 0 radical (unpaired) electrons.